The van der Waals surface area contributed by atoms with Crippen molar-refractivity contribution in [2.75, 3.05) is 0 Å². The lowest BCUT2D eigenvalue weighted by molar-refractivity contribution is 0.101. The van der Waals surface area contributed by atoms with Crippen LogP contribution in [0.1, 0.15) is 21.7 Å². The summed E-state index contributed by atoms with van der Waals surface area (Å²) in [5.74, 6) is -0.388. The first-order chi connectivity index (χ1) is 9.67. The first kappa shape index (κ1) is 12.6. The number of benzene rings is 2. The molecule has 0 radical (unpaired) electrons. The minimum Gasteiger partial charge on any atom is -0.453 e. The summed E-state index contributed by atoms with van der Waals surface area (Å²) < 4.78 is 18.6. The molecule has 0 bridgehead atoms. The fourth-order valence-corrected chi connectivity index (χ4v) is 2.06. The zero-order chi connectivity index (χ0) is 14.1. The van der Waals surface area contributed by atoms with E-state index in [2.05, 4.69) is 0 Å². The van der Waals surface area contributed by atoms with Crippen molar-refractivity contribution in [3.05, 3.63) is 71.2 Å². The molecule has 0 aliphatic heterocycles. The second kappa shape index (κ2) is 4.90. The van der Waals surface area contributed by atoms with Gasteiger partial charge in [0, 0.05) is 17.5 Å². The molecule has 0 spiro atoms. The molecule has 3 nitrogen and oxygen atoms in total. The van der Waals surface area contributed by atoms with Gasteiger partial charge < -0.3 is 10.2 Å². The highest BCUT2D eigenvalue weighted by molar-refractivity contribution is 6.08. The van der Waals surface area contributed by atoms with E-state index in [1.54, 1.807) is 30.3 Å². The van der Waals surface area contributed by atoms with Crippen LogP contribution in [0.25, 0.3) is 11.0 Å². The average Bonchev–Trinajstić information content (AvgIpc) is 2.89. The molecule has 2 N–H and O–H groups in total. The molecule has 0 saturated carbocycles. The van der Waals surface area contributed by atoms with Crippen LogP contribution >= 0.6 is 0 Å². The maximum Gasteiger partial charge on any atom is 0.228 e. The third kappa shape index (κ3) is 2.21. The molecule has 0 fully saturated rings. The standard InChI is InChI=1S/C16H12FNO2/c17-13-5-6-14-12(7-13)8-15(20-14)16(19)11-3-1-10(9-18)2-4-11/h1-8H,9,18H2. The van der Waals surface area contributed by atoms with Crippen molar-refractivity contribution in [3.63, 3.8) is 0 Å². The van der Waals surface area contributed by atoms with E-state index in [1.165, 1.54) is 18.2 Å². The maximum absolute atomic E-state index is 13.1. The number of nitrogens with two attached hydrogens (primary N) is 1. The Bertz CT molecular complexity index is 775. The summed E-state index contributed by atoms with van der Waals surface area (Å²) in [6.07, 6.45) is 0. The van der Waals surface area contributed by atoms with E-state index in [-0.39, 0.29) is 17.4 Å². The average molecular weight is 269 g/mol. The molecule has 3 aromatic rings. The van der Waals surface area contributed by atoms with Gasteiger partial charge in [-0.1, -0.05) is 24.3 Å². The van der Waals surface area contributed by atoms with Gasteiger partial charge in [-0.2, -0.15) is 0 Å². The molecule has 3 rings (SSSR count). The van der Waals surface area contributed by atoms with E-state index in [0.717, 1.165) is 5.56 Å². The highest BCUT2D eigenvalue weighted by Crippen LogP contribution is 2.22. The van der Waals surface area contributed by atoms with E-state index in [0.29, 0.717) is 23.1 Å². The number of hydrogen-bond acceptors (Lipinski definition) is 3. The van der Waals surface area contributed by atoms with Crippen LogP contribution in [-0.4, -0.2) is 5.78 Å². The SMILES string of the molecule is NCc1ccc(C(=O)c2cc3cc(F)ccc3o2)cc1. The van der Waals surface area contributed by atoms with Crippen LogP contribution in [0.3, 0.4) is 0 Å². The number of ketones is 1. The number of carbonyl (C=O) groups excluding carboxylic acids is 1. The number of rotatable bonds is 3. The van der Waals surface area contributed by atoms with Gasteiger partial charge >= 0.3 is 0 Å². The van der Waals surface area contributed by atoms with Crippen LogP contribution in [0.15, 0.2) is 52.9 Å². The van der Waals surface area contributed by atoms with E-state index in [1.807, 2.05) is 0 Å². The van der Waals surface area contributed by atoms with E-state index in [9.17, 15) is 9.18 Å². The molecule has 100 valence electrons. The second-order valence-corrected chi connectivity index (χ2v) is 4.52. The summed E-state index contributed by atoms with van der Waals surface area (Å²) in [4.78, 5) is 12.3. The summed E-state index contributed by atoms with van der Waals surface area (Å²) >= 11 is 0. The lowest BCUT2D eigenvalue weighted by Gasteiger charge is -1.99. The van der Waals surface area contributed by atoms with Crippen molar-refractivity contribution in [1.82, 2.24) is 0 Å². The molecule has 2 aromatic carbocycles. The normalized spacial score (nSPS) is 10.9. The highest BCUT2D eigenvalue weighted by atomic mass is 19.1. The van der Waals surface area contributed by atoms with Crippen LogP contribution < -0.4 is 5.73 Å². The van der Waals surface area contributed by atoms with Gasteiger partial charge in [0.2, 0.25) is 5.78 Å². The fourth-order valence-electron chi connectivity index (χ4n) is 2.06. The quantitative estimate of drug-likeness (QED) is 0.742. The molecule has 0 amide bonds. The Hall–Kier alpha value is -2.46. The molecule has 1 heterocycles. The van der Waals surface area contributed by atoms with Crippen molar-refractivity contribution in [2.45, 2.75) is 6.54 Å². The first-order valence-corrected chi connectivity index (χ1v) is 6.20. The predicted octanol–water partition coefficient (Wildman–Crippen LogP) is 3.26. The summed E-state index contributed by atoms with van der Waals surface area (Å²) in [5, 5.41) is 0.576. The largest absolute Gasteiger partial charge is 0.453 e. The summed E-state index contributed by atoms with van der Waals surface area (Å²) in [7, 11) is 0. The number of halogens is 1. The number of carbonyl (C=O) groups is 1. The molecule has 0 aliphatic rings. The maximum atomic E-state index is 13.1. The summed E-state index contributed by atoms with van der Waals surface area (Å²) in [6, 6.07) is 12.7. The second-order valence-electron chi connectivity index (χ2n) is 4.52. The van der Waals surface area contributed by atoms with Crippen molar-refractivity contribution < 1.29 is 13.6 Å². The van der Waals surface area contributed by atoms with Crippen LogP contribution in [0.4, 0.5) is 4.39 Å². The van der Waals surface area contributed by atoms with Gasteiger partial charge in [-0.15, -0.1) is 0 Å². The molecular formula is C16H12FNO2. The predicted molar refractivity (Wildman–Crippen MR) is 73.9 cm³/mol. The molecule has 0 saturated heterocycles. The van der Waals surface area contributed by atoms with Crippen LogP contribution in [0, 0.1) is 5.82 Å². The third-order valence-electron chi connectivity index (χ3n) is 3.15. The summed E-state index contributed by atoms with van der Waals surface area (Å²) in [6.45, 7) is 0.429. The number of hydrogen-bond donors (Lipinski definition) is 1. The molecular weight excluding hydrogens is 257 g/mol. The Morgan fingerprint density at radius 2 is 1.85 bits per heavy atom. The van der Waals surface area contributed by atoms with Gasteiger partial charge in [0.05, 0.1) is 0 Å². The van der Waals surface area contributed by atoms with Gasteiger partial charge in [-0.3, -0.25) is 4.79 Å². The zero-order valence-corrected chi connectivity index (χ0v) is 10.6. The van der Waals surface area contributed by atoms with E-state index in [4.69, 9.17) is 10.2 Å². The smallest absolute Gasteiger partial charge is 0.228 e. The van der Waals surface area contributed by atoms with Crippen molar-refractivity contribution in [2.24, 2.45) is 5.73 Å². The molecule has 4 heteroatoms. The Balaban J connectivity index is 1.98. The molecule has 20 heavy (non-hydrogen) atoms. The zero-order valence-electron chi connectivity index (χ0n) is 10.6. The Kier molecular flexibility index (Phi) is 3.08. The molecule has 0 unspecified atom stereocenters. The van der Waals surface area contributed by atoms with E-state index < -0.39 is 0 Å². The van der Waals surface area contributed by atoms with Gasteiger partial charge in [0.25, 0.3) is 0 Å². The van der Waals surface area contributed by atoms with E-state index >= 15 is 0 Å². The highest BCUT2D eigenvalue weighted by Gasteiger charge is 2.14. The van der Waals surface area contributed by atoms with Crippen LogP contribution in [0.5, 0.6) is 0 Å². The van der Waals surface area contributed by atoms with Gasteiger partial charge in [0.15, 0.2) is 5.76 Å². The van der Waals surface area contributed by atoms with Gasteiger partial charge in [-0.05, 0) is 29.8 Å². The van der Waals surface area contributed by atoms with Crippen molar-refractivity contribution in [3.8, 4) is 0 Å². The number of furan rings is 1. The lowest BCUT2D eigenvalue weighted by Crippen LogP contribution is -2.01. The van der Waals surface area contributed by atoms with Gasteiger partial charge in [-0.25, -0.2) is 4.39 Å². The molecule has 0 atom stereocenters. The monoisotopic (exact) mass is 269 g/mol. The summed E-state index contributed by atoms with van der Waals surface area (Å²) in [5.41, 5.74) is 7.47. The van der Waals surface area contributed by atoms with Crippen molar-refractivity contribution in [1.29, 1.82) is 0 Å². The minimum atomic E-state index is -0.357. The van der Waals surface area contributed by atoms with Crippen molar-refractivity contribution >= 4 is 16.8 Å². The number of fused-ring (bicyclic) bond motifs is 1. The molecule has 0 aliphatic carbocycles. The lowest BCUT2D eigenvalue weighted by atomic mass is 10.1. The first-order valence-electron chi connectivity index (χ1n) is 6.20. The van der Waals surface area contributed by atoms with Gasteiger partial charge in [0.1, 0.15) is 11.4 Å². The fraction of sp³-hybridized carbons (Fsp3) is 0.0625. The Morgan fingerprint density at radius 1 is 1.10 bits per heavy atom. The van der Waals surface area contributed by atoms with Crippen LogP contribution in [0.2, 0.25) is 0 Å². The Labute approximate surface area is 114 Å². The van der Waals surface area contributed by atoms with Crippen LogP contribution in [-0.2, 0) is 6.54 Å². The Morgan fingerprint density at radius 3 is 2.55 bits per heavy atom. The topological polar surface area (TPSA) is 56.2 Å². The third-order valence-corrected chi connectivity index (χ3v) is 3.15. The molecule has 1 aromatic heterocycles. The minimum absolute atomic E-state index is 0.200.